The lowest BCUT2D eigenvalue weighted by atomic mass is 10.0. The van der Waals surface area contributed by atoms with Crippen LogP contribution in [0.4, 0.5) is 4.79 Å². The van der Waals surface area contributed by atoms with Gasteiger partial charge in [0.1, 0.15) is 6.61 Å². The smallest absolute Gasteiger partial charge is 0.410 e. The first kappa shape index (κ1) is 16.3. The molecule has 22 heavy (non-hydrogen) atoms. The van der Waals surface area contributed by atoms with Crippen molar-refractivity contribution in [2.45, 2.75) is 38.6 Å². The van der Waals surface area contributed by atoms with Gasteiger partial charge in [-0.2, -0.15) is 0 Å². The molecule has 1 unspecified atom stereocenters. The first-order chi connectivity index (χ1) is 10.4. The Labute approximate surface area is 129 Å². The topological polar surface area (TPSA) is 76.1 Å². The van der Waals surface area contributed by atoms with Gasteiger partial charge in [-0.25, -0.2) is 4.79 Å². The van der Waals surface area contributed by atoms with Crippen LogP contribution in [0.25, 0.3) is 0 Å². The summed E-state index contributed by atoms with van der Waals surface area (Å²) in [5, 5.41) is 8.90. The number of benzene rings is 1. The Bertz CT molecular complexity index is 529. The number of morpholine rings is 1. The summed E-state index contributed by atoms with van der Waals surface area (Å²) >= 11 is 0. The van der Waals surface area contributed by atoms with Crippen molar-refractivity contribution in [1.82, 2.24) is 4.90 Å². The molecule has 1 aromatic rings. The summed E-state index contributed by atoms with van der Waals surface area (Å²) in [4.78, 5) is 24.6. The van der Waals surface area contributed by atoms with Gasteiger partial charge in [0.2, 0.25) is 0 Å². The highest BCUT2D eigenvalue weighted by Crippen LogP contribution is 2.23. The van der Waals surface area contributed by atoms with Crippen molar-refractivity contribution in [3.8, 4) is 0 Å². The number of amides is 1. The van der Waals surface area contributed by atoms with Gasteiger partial charge < -0.3 is 19.5 Å². The van der Waals surface area contributed by atoms with Crippen molar-refractivity contribution < 1.29 is 24.2 Å². The summed E-state index contributed by atoms with van der Waals surface area (Å²) < 4.78 is 11.0. The average Bonchev–Trinajstić information content (AvgIpc) is 2.43. The molecule has 1 fully saturated rings. The fraction of sp³-hybridized carbons (Fsp3) is 0.500. The van der Waals surface area contributed by atoms with E-state index in [0.717, 1.165) is 5.56 Å². The molecule has 1 aromatic carbocycles. The summed E-state index contributed by atoms with van der Waals surface area (Å²) in [6.07, 6.45) is -1.10. The van der Waals surface area contributed by atoms with Gasteiger partial charge >= 0.3 is 12.1 Å². The third-order valence-electron chi connectivity index (χ3n) is 3.35. The van der Waals surface area contributed by atoms with Crippen LogP contribution < -0.4 is 0 Å². The number of ether oxygens (including phenoxy) is 2. The van der Waals surface area contributed by atoms with Crippen LogP contribution in [0.5, 0.6) is 0 Å². The predicted octanol–water partition coefficient (Wildman–Crippen LogP) is 2.28. The summed E-state index contributed by atoms with van der Waals surface area (Å²) in [7, 11) is 0. The molecule has 1 amide bonds. The molecule has 1 aliphatic rings. The zero-order valence-electron chi connectivity index (χ0n) is 12.8. The molecule has 1 heterocycles. The van der Waals surface area contributed by atoms with Crippen molar-refractivity contribution in [1.29, 1.82) is 0 Å². The van der Waals surface area contributed by atoms with E-state index >= 15 is 0 Å². The van der Waals surface area contributed by atoms with Gasteiger partial charge in [0.05, 0.1) is 31.2 Å². The lowest BCUT2D eigenvalue weighted by Gasteiger charge is -2.41. The molecule has 6 heteroatoms. The van der Waals surface area contributed by atoms with Crippen LogP contribution in [0.1, 0.15) is 25.8 Å². The zero-order chi connectivity index (χ0) is 16.2. The highest BCUT2D eigenvalue weighted by molar-refractivity contribution is 5.69. The van der Waals surface area contributed by atoms with E-state index in [0.29, 0.717) is 6.54 Å². The zero-order valence-corrected chi connectivity index (χ0v) is 12.8. The van der Waals surface area contributed by atoms with Crippen LogP contribution in [0.2, 0.25) is 0 Å². The first-order valence-electron chi connectivity index (χ1n) is 7.21. The van der Waals surface area contributed by atoms with Crippen LogP contribution in [0.15, 0.2) is 30.3 Å². The second kappa shape index (κ2) is 6.79. The number of rotatable bonds is 4. The lowest BCUT2D eigenvalue weighted by Crippen LogP contribution is -2.55. The minimum absolute atomic E-state index is 0.133. The van der Waals surface area contributed by atoms with E-state index in [1.807, 2.05) is 44.2 Å². The van der Waals surface area contributed by atoms with Crippen molar-refractivity contribution >= 4 is 12.1 Å². The van der Waals surface area contributed by atoms with Gasteiger partial charge in [-0.05, 0) is 19.4 Å². The summed E-state index contributed by atoms with van der Waals surface area (Å²) in [5.41, 5.74) is 0.315. The summed E-state index contributed by atoms with van der Waals surface area (Å²) in [6.45, 7) is 4.46. The number of aliphatic carboxylic acids is 1. The van der Waals surface area contributed by atoms with Gasteiger partial charge in [-0.1, -0.05) is 30.3 Å². The molecular formula is C16H21NO5. The second-order valence-electron chi connectivity index (χ2n) is 6.02. The average molecular weight is 307 g/mol. The first-order valence-corrected chi connectivity index (χ1v) is 7.21. The molecule has 120 valence electrons. The van der Waals surface area contributed by atoms with Crippen LogP contribution in [-0.2, 0) is 20.9 Å². The molecule has 0 radical (unpaired) electrons. The third kappa shape index (κ3) is 4.73. The molecule has 6 nitrogen and oxygen atoms in total. The second-order valence-corrected chi connectivity index (χ2v) is 6.02. The van der Waals surface area contributed by atoms with E-state index in [1.54, 1.807) is 0 Å². The Morgan fingerprint density at radius 3 is 2.68 bits per heavy atom. The van der Waals surface area contributed by atoms with Crippen LogP contribution >= 0.6 is 0 Å². The van der Waals surface area contributed by atoms with E-state index in [-0.39, 0.29) is 19.6 Å². The number of hydrogen-bond donors (Lipinski definition) is 1. The molecular weight excluding hydrogens is 286 g/mol. The van der Waals surface area contributed by atoms with Crippen molar-refractivity contribution in [2.24, 2.45) is 0 Å². The summed E-state index contributed by atoms with van der Waals surface area (Å²) in [6, 6.07) is 9.41. The highest BCUT2D eigenvalue weighted by atomic mass is 16.6. The molecule has 0 spiro atoms. The molecule has 1 atom stereocenters. The minimum Gasteiger partial charge on any atom is -0.481 e. The molecule has 0 saturated carbocycles. The van der Waals surface area contributed by atoms with Crippen LogP contribution in [0, 0.1) is 0 Å². The van der Waals surface area contributed by atoms with Crippen molar-refractivity contribution in [2.75, 3.05) is 13.1 Å². The Morgan fingerprint density at radius 1 is 1.36 bits per heavy atom. The normalized spacial score (nSPS) is 20.5. The van der Waals surface area contributed by atoms with Crippen molar-refractivity contribution in [3.05, 3.63) is 35.9 Å². The number of nitrogens with zero attached hydrogens (tertiary/aromatic N) is 1. The van der Waals surface area contributed by atoms with Gasteiger partial charge in [0.15, 0.2) is 0 Å². The van der Waals surface area contributed by atoms with E-state index in [2.05, 4.69) is 0 Å². The van der Waals surface area contributed by atoms with Gasteiger partial charge in [-0.3, -0.25) is 4.79 Å². The summed E-state index contributed by atoms with van der Waals surface area (Å²) in [5.74, 6) is -0.944. The molecule has 1 saturated heterocycles. The Morgan fingerprint density at radius 2 is 2.05 bits per heavy atom. The maximum Gasteiger partial charge on any atom is 0.410 e. The molecule has 0 aromatic heterocycles. The minimum atomic E-state index is -0.944. The van der Waals surface area contributed by atoms with E-state index in [9.17, 15) is 9.59 Å². The number of hydrogen-bond acceptors (Lipinski definition) is 4. The van der Waals surface area contributed by atoms with E-state index < -0.39 is 23.8 Å². The van der Waals surface area contributed by atoms with Gasteiger partial charge in [0, 0.05) is 0 Å². The quantitative estimate of drug-likeness (QED) is 0.923. The largest absolute Gasteiger partial charge is 0.481 e. The third-order valence-corrected chi connectivity index (χ3v) is 3.35. The fourth-order valence-electron chi connectivity index (χ4n) is 2.55. The SMILES string of the molecule is CC1(C)CN(C(=O)OCc2ccccc2)CC(CC(=O)O)O1. The van der Waals surface area contributed by atoms with E-state index in [4.69, 9.17) is 14.6 Å². The lowest BCUT2D eigenvalue weighted by molar-refractivity contribution is -0.155. The molecule has 1 aliphatic heterocycles. The Kier molecular flexibility index (Phi) is 5.03. The van der Waals surface area contributed by atoms with Crippen LogP contribution in [-0.4, -0.2) is 46.9 Å². The maximum absolute atomic E-state index is 12.2. The number of carbonyl (C=O) groups is 2. The van der Waals surface area contributed by atoms with Gasteiger partial charge in [0.25, 0.3) is 0 Å². The van der Waals surface area contributed by atoms with E-state index in [1.165, 1.54) is 4.90 Å². The molecule has 2 rings (SSSR count). The Hall–Kier alpha value is -2.08. The fourth-order valence-corrected chi connectivity index (χ4v) is 2.55. The number of carbonyl (C=O) groups excluding carboxylic acids is 1. The number of carboxylic acid groups (broad SMARTS) is 1. The maximum atomic E-state index is 12.2. The predicted molar refractivity (Wildman–Crippen MR) is 79.4 cm³/mol. The molecule has 0 aliphatic carbocycles. The van der Waals surface area contributed by atoms with Gasteiger partial charge in [-0.15, -0.1) is 0 Å². The van der Waals surface area contributed by atoms with Crippen LogP contribution in [0.3, 0.4) is 0 Å². The standard InChI is InChI=1S/C16H21NO5/c1-16(2)11-17(9-13(22-16)8-14(18)19)15(20)21-10-12-6-4-3-5-7-12/h3-7,13H,8-11H2,1-2H3,(H,18,19). The molecule has 0 bridgehead atoms. The number of carboxylic acids is 1. The van der Waals surface area contributed by atoms with Crippen molar-refractivity contribution in [3.63, 3.8) is 0 Å². The Balaban J connectivity index is 1.94. The molecule has 1 N–H and O–H groups in total. The highest BCUT2D eigenvalue weighted by Gasteiger charge is 2.37. The monoisotopic (exact) mass is 307 g/mol.